The molecule has 3 aromatic rings. The van der Waals surface area contributed by atoms with Crippen LogP contribution in [0.5, 0.6) is 0 Å². The highest BCUT2D eigenvalue weighted by Gasteiger charge is 2.32. The third-order valence-corrected chi connectivity index (χ3v) is 4.25. The Balaban J connectivity index is 1.66. The molecular weight excluding hydrogens is 354 g/mol. The fraction of sp³-hybridized carbons (Fsp3) is 0.105. The van der Waals surface area contributed by atoms with Gasteiger partial charge in [0.2, 0.25) is 11.8 Å². The summed E-state index contributed by atoms with van der Waals surface area (Å²) >= 11 is 0. The number of halogens is 2. The molecule has 0 spiro atoms. The number of rotatable bonds is 3. The van der Waals surface area contributed by atoms with Crippen molar-refractivity contribution in [3.05, 3.63) is 66.2 Å². The van der Waals surface area contributed by atoms with Crippen LogP contribution in [-0.4, -0.2) is 21.6 Å². The molecule has 1 aliphatic rings. The lowest BCUT2D eigenvalue weighted by Crippen LogP contribution is -2.35. The molecule has 1 aliphatic heterocycles. The van der Waals surface area contributed by atoms with Gasteiger partial charge in [0.1, 0.15) is 23.5 Å². The van der Waals surface area contributed by atoms with Crippen LogP contribution in [0.25, 0.3) is 11.3 Å². The van der Waals surface area contributed by atoms with Crippen molar-refractivity contribution in [3.8, 4) is 11.3 Å². The first-order valence-electron chi connectivity index (χ1n) is 8.22. The molecule has 0 fully saturated rings. The summed E-state index contributed by atoms with van der Waals surface area (Å²) in [6.07, 6.45) is -0.127. The highest BCUT2D eigenvalue weighted by atomic mass is 19.1. The summed E-state index contributed by atoms with van der Waals surface area (Å²) in [6, 6.07) is 12.2. The number of para-hydroxylation sites is 1. The first-order valence-corrected chi connectivity index (χ1v) is 8.22. The zero-order chi connectivity index (χ0) is 19.0. The SMILES string of the molecule is O=C1CC(C(=O)Nc2ccccc2F)n2nc(-c3ccc(F)cc3)cc2N1. The van der Waals surface area contributed by atoms with E-state index in [0.717, 1.165) is 0 Å². The summed E-state index contributed by atoms with van der Waals surface area (Å²) in [5.41, 5.74) is 1.15. The summed E-state index contributed by atoms with van der Waals surface area (Å²) in [6.45, 7) is 0. The Hall–Kier alpha value is -3.55. The van der Waals surface area contributed by atoms with Crippen LogP contribution in [0.2, 0.25) is 0 Å². The molecule has 0 saturated carbocycles. The van der Waals surface area contributed by atoms with Gasteiger partial charge in [-0.25, -0.2) is 13.5 Å². The van der Waals surface area contributed by atoms with Crippen LogP contribution in [0.1, 0.15) is 12.5 Å². The van der Waals surface area contributed by atoms with Gasteiger partial charge >= 0.3 is 0 Å². The molecule has 1 unspecified atom stereocenters. The maximum absolute atomic E-state index is 13.8. The largest absolute Gasteiger partial charge is 0.322 e. The van der Waals surface area contributed by atoms with Crippen molar-refractivity contribution in [1.29, 1.82) is 0 Å². The van der Waals surface area contributed by atoms with Gasteiger partial charge in [-0.05, 0) is 36.4 Å². The molecule has 2 N–H and O–H groups in total. The summed E-state index contributed by atoms with van der Waals surface area (Å²) in [5.74, 6) is -1.50. The monoisotopic (exact) mass is 368 g/mol. The zero-order valence-corrected chi connectivity index (χ0v) is 13.9. The number of benzene rings is 2. The van der Waals surface area contributed by atoms with Crippen LogP contribution >= 0.6 is 0 Å². The van der Waals surface area contributed by atoms with Gasteiger partial charge in [-0.15, -0.1) is 0 Å². The predicted molar refractivity (Wildman–Crippen MR) is 94.9 cm³/mol. The molecule has 0 bridgehead atoms. The molecule has 2 heterocycles. The lowest BCUT2D eigenvalue weighted by molar-refractivity contribution is -0.125. The van der Waals surface area contributed by atoms with E-state index in [1.165, 1.54) is 35.0 Å². The highest BCUT2D eigenvalue weighted by Crippen LogP contribution is 2.30. The predicted octanol–water partition coefficient (Wildman–Crippen LogP) is 3.35. The molecule has 1 aromatic heterocycles. The van der Waals surface area contributed by atoms with Gasteiger partial charge < -0.3 is 10.6 Å². The minimum atomic E-state index is -0.928. The second-order valence-electron chi connectivity index (χ2n) is 6.10. The molecule has 2 aromatic carbocycles. The lowest BCUT2D eigenvalue weighted by Gasteiger charge is -2.23. The maximum atomic E-state index is 13.8. The van der Waals surface area contributed by atoms with Crippen LogP contribution < -0.4 is 10.6 Å². The van der Waals surface area contributed by atoms with Crippen LogP contribution in [0.15, 0.2) is 54.6 Å². The average molecular weight is 368 g/mol. The van der Waals surface area contributed by atoms with Gasteiger partial charge in [-0.1, -0.05) is 12.1 Å². The Morgan fingerprint density at radius 3 is 2.63 bits per heavy atom. The maximum Gasteiger partial charge on any atom is 0.249 e. The minimum absolute atomic E-state index is 0.0287. The van der Waals surface area contributed by atoms with Crippen LogP contribution in [0.3, 0.4) is 0 Å². The molecule has 0 radical (unpaired) electrons. The van der Waals surface area contributed by atoms with Gasteiger partial charge in [0.25, 0.3) is 0 Å². The van der Waals surface area contributed by atoms with E-state index in [1.54, 1.807) is 24.3 Å². The fourth-order valence-electron chi connectivity index (χ4n) is 2.93. The number of nitrogens with one attached hydrogen (secondary N) is 2. The average Bonchev–Trinajstić information content (AvgIpc) is 3.07. The van der Waals surface area contributed by atoms with E-state index in [-0.39, 0.29) is 23.8 Å². The van der Waals surface area contributed by atoms with Crippen molar-refractivity contribution in [2.24, 2.45) is 0 Å². The molecule has 4 rings (SSSR count). The first kappa shape index (κ1) is 16.9. The first-order chi connectivity index (χ1) is 13.0. The number of aromatic nitrogens is 2. The normalized spacial score (nSPS) is 15.8. The van der Waals surface area contributed by atoms with Gasteiger partial charge in [-0.3, -0.25) is 9.59 Å². The summed E-state index contributed by atoms with van der Waals surface area (Å²) in [7, 11) is 0. The third kappa shape index (κ3) is 3.29. The summed E-state index contributed by atoms with van der Waals surface area (Å²) in [5, 5.41) is 9.53. The lowest BCUT2D eigenvalue weighted by atomic mass is 10.1. The molecule has 136 valence electrons. The standard InChI is InChI=1S/C19H14F2N4O2/c20-12-7-5-11(6-8-12)15-9-17-23-18(26)10-16(25(17)24-15)19(27)22-14-4-2-1-3-13(14)21/h1-9,16H,10H2,(H,22,27)(H,23,26). The van der Waals surface area contributed by atoms with E-state index in [9.17, 15) is 18.4 Å². The molecule has 27 heavy (non-hydrogen) atoms. The summed E-state index contributed by atoms with van der Waals surface area (Å²) < 4.78 is 28.3. The van der Waals surface area contributed by atoms with Crippen molar-refractivity contribution in [2.75, 3.05) is 10.6 Å². The number of nitrogens with zero attached hydrogens (tertiary/aromatic N) is 2. The molecule has 2 amide bonds. The molecule has 0 aliphatic carbocycles. The Labute approximate surface area is 152 Å². The molecule has 0 saturated heterocycles. The van der Waals surface area contributed by atoms with Gasteiger partial charge in [0, 0.05) is 11.6 Å². The Morgan fingerprint density at radius 1 is 1.15 bits per heavy atom. The number of hydrogen-bond donors (Lipinski definition) is 2. The van der Waals surface area contributed by atoms with E-state index in [2.05, 4.69) is 15.7 Å². The molecule has 8 heteroatoms. The smallest absolute Gasteiger partial charge is 0.249 e. The van der Waals surface area contributed by atoms with Crippen molar-refractivity contribution in [1.82, 2.24) is 9.78 Å². The van der Waals surface area contributed by atoms with E-state index in [0.29, 0.717) is 17.1 Å². The Bertz CT molecular complexity index is 1030. The number of anilines is 2. The summed E-state index contributed by atoms with van der Waals surface area (Å²) in [4.78, 5) is 24.6. The number of fused-ring (bicyclic) bond motifs is 1. The van der Waals surface area contributed by atoms with E-state index in [4.69, 9.17) is 0 Å². The second kappa shape index (κ2) is 6.64. The third-order valence-electron chi connectivity index (χ3n) is 4.25. The Morgan fingerprint density at radius 2 is 1.89 bits per heavy atom. The second-order valence-corrected chi connectivity index (χ2v) is 6.10. The topological polar surface area (TPSA) is 76.0 Å². The number of amides is 2. The van der Waals surface area contributed by atoms with Gasteiger partial charge in [0.05, 0.1) is 17.8 Å². The number of carbonyl (C=O) groups excluding carboxylic acids is 2. The van der Waals surface area contributed by atoms with Crippen LogP contribution in [0.4, 0.5) is 20.3 Å². The zero-order valence-electron chi connectivity index (χ0n) is 13.9. The Kier molecular flexibility index (Phi) is 4.15. The van der Waals surface area contributed by atoms with Crippen molar-refractivity contribution in [3.63, 3.8) is 0 Å². The highest BCUT2D eigenvalue weighted by molar-refractivity contribution is 6.01. The van der Waals surface area contributed by atoms with E-state index in [1.807, 2.05) is 0 Å². The van der Waals surface area contributed by atoms with Crippen molar-refractivity contribution >= 4 is 23.3 Å². The quantitative estimate of drug-likeness (QED) is 0.744. The van der Waals surface area contributed by atoms with Crippen LogP contribution in [-0.2, 0) is 9.59 Å². The minimum Gasteiger partial charge on any atom is -0.322 e. The van der Waals surface area contributed by atoms with Crippen LogP contribution in [0, 0.1) is 11.6 Å². The molecular formula is C19H14F2N4O2. The fourth-order valence-corrected chi connectivity index (χ4v) is 2.93. The van der Waals surface area contributed by atoms with Crippen molar-refractivity contribution in [2.45, 2.75) is 12.5 Å². The van der Waals surface area contributed by atoms with Gasteiger partial charge in [-0.2, -0.15) is 5.10 Å². The van der Waals surface area contributed by atoms with E-state index >= 15 is 0 Å². The van der Waals surface area contributed by atoms with E-state index < -0.39 is 17.8 Å². The van der Waals surface area contributed by atoms with Crippen molar-refractivity contribution < 1.29 is 18.4 Å². The number of hydrogen-bond acceptors (Lipinski definition) is 3. The number of carbonyl (C=O) groups is 2. The van der Waals surface area contributed by atoms with Gasteiger partial charge in [0.15, 0.2) is 0 Å². The molecule has 1 atom stereocenters. The molecule has 6 nitrogen and oxygen atoms in total.